The molecule has 2 rings (SSSR count). The number of aliphatic carboxylic acids is 1. The van der Waals surface area contributed by atoms with Crippen LogP contribution >= 0.6 is 11.6 Å². The van der Waals surface area contributed by atoms with E-state index in [-0.39, 0.29) is 5.56 Å². The molecule has 0 amide bonds. The van der Waals surface area contributed by atoms with Gasteiger partial charge in [-0.2, -0.15) is 0 Å². The molecule has 0 aliphatic carbocycles. The van der Waals surface area contributed by atoms with Crippen molar-refractivity contribution in [1.82, 2.24) is 4.98 Å². The van der Waals surface area contributed by atoms with Crippen molar-refractivity contribution in [1.29, 1.82) is 0 Å². The van der Waals surface area contributed by atoms with E-state index in [1.165, 1.54) is 0 Å². The molecule has 0 saturated carbocycles. The van der Waals surface area contributed by atoms with Gasteiger partial charge >= 0.3 is 5.97 Å². The van der Waals surface area contributed by atoms with Crippen LogP contribution in [0.4, 0.5) is 0 Å². The van der Waals surface area contributed by atoms with Gasteiger partial charge in [0.25, 0.3) is 5.78 Å². The summed E-state index contributed by atoms with van der Waals surface area (Å²) in [4.78, 5) is 25.3. The lowest BCUT2D eigenvalue weighted by atomic mass is 10.1. The van der Waals surface area contributed by atoms with E-state index in [0.29, 0.717) is 21.6 Å². The highest BCUT2D eigenvalue weighted by Gasteiger charge is 2.22. The third-order valence-corrected chi connectivity index (χ3v) is 3.19. The zero-order valence-corrected chi connectivity index (χ0v) is 10.1. The third-order valence-electron chi connectivity index (χ3n) is 2.78. The maximum Gasteiger partial charge on any atom is 0.377 e. The average molecular weight is 252 g/mol. The number of H-pyrrole nitrogens is 1. The van der Waals surface area contributed by atoms with Crippen LogP contribution in [0.3, 0.4) is 0 Å². The number of rotatable bonds is 2. The van der Waals surface area contributed by atoms with Crippen molar-refractivity contribution in [3.05, 3.63) is 34.0 Å². The van der Waals surface area contributed by atoms with Gasteiger partial charge in [-0.05, 0) is 25.5 Å². The van der Waals surface area contributed by atoms with Crippen LogP contribution in [-0.4, -0.2) is 21.8 Å². The first kappa shape index (κ1) is 11.7. The zero-order chi connectivity index (χ0) is 12.7. The standard InChI is InChI=1S/C12H10ClNO3/c1-5-8(13)4-3-7-9(11(15)12(16)17)6(2)14-10(5)7/h3-4,14H,1-2H3,(H,16,17). The summed E-state index contributed by atoms with van der Waals surface area (Å²) in [6.07, 6.45) is 0. The first-order chi connectivity index (χ1) is 7.93. The van der Waals surface area contributed by atoms with Crippen molar-refractivity contribution in [2.24, 2.45) is 0 Å². The number of aryl methyl sites for hydroxylation is 2. The minimum atomic E-state index is -1.46. The second kappa shape index (κ2) is 3.89. The Bertz CT molecular complexity index is 643. The Morgan fingerprint density at radius 2 is 1.94 bits per heavy atom. The van der Waals surface area contributed by atoms with E-state index in [0.717, 1.165) is 5.56 Å². The lowest BCUT2D eigenvalue weighted by Crippen LogP contribution is -2.13. The van der Waals surface area contributed by atoms with Crippen LogP contribution in [-0.2, 0) is 4.79 Å². The zero-order valence-electron chi connectivity index (χ0n) is 9.30. The first-order valence-corrected chi connectivity index (χ1v) is 5.36. The second-order valence-electron chi connectivity index (χ2n) is 3.85. The van der Waals surface area contributed by atoms with Gasteiger partial charge in [0.2, 0.25) is 0 Å². The molecule has 0 bridgehead atoms. The third kappa shape index (κ3) is 1.70. The van der Waals surface area contributed by atoms with E-state index in [9.17, 15) is 9.59 Å². The molecule has 0 aliphatic heterocycles. The molecular weight excluding hydrogens is 242 g/mol. The van der Waals surface area contributed by atoms with Crippen LogP contribution in [0, 0.1) is 13.8 Å². The number of benzene rings is 1. The summed E-state index contributed by atoms with van der Waals surface area (Å²) in [6, 6.07) is 3.31. The van der Waals surface area contributed by atoms with Gasteiger partial charge in [0.05, 0.1) is 11.1 Å². The molecule has 0 fully saturated rings. The Morgan fingerprint density at radius 1 is 1.29 bits per heavy atom. The van der Waals surface area contributed by atoms with Crippen LogP contribution < -0.4 is 0 Å². The molecule has 2 N–H and O–H groups in total. The number of aromatic amines is 1. The molecule has 0 atom stereocenters. The van der Waals surface area contributed by atoms with Crippen molar-refractivity contribution in [3.8, 4) is 0 Å². The van der Waals surface area contributed by atoms with Gasteiger partial charge < -0.3 is 10.1 Å². The summed E-state index contributed by atoms with van der Waals surface area (Å²) in [5.74, 6) is -2.36. The number of carboxylic acids is 1. The number of carbonyl (C=O) groups excluding carboxylic acids is 1. The van der Waals surface area contributed by atoms with Crippen molar-refractivity contribution >= 4 is 34.3 Å². The molecule has 2 aromatic rings. The number of carbonyl (C=O) groups is 2. The summed E-state index contributed by atoms with van der Waals surface area (Å²) in [7, 11) is 0. The second-order valence-corrected chi connectivity index (χ2v) is 4.26. The van der Waals surface area contributed by atoms with Crippen molar-refractivity contribution in [3.63, 3.8) is 0 Å². The van der Waals surface area contributed by atoms with Gasteiger partial charge in [-0.1, -0.05) is 17.7 Å². The monoisotopic (exact) mass is 251 g/mol. The molecular formula is C12H10ClNO3. The smallest absolute Gasteiger partial charge is 0.377 e. The highest BCUT2D eigenvalue weighted by atomic mass is 35.5. The fourth-order valence-corrected chi connectivity index (χ4v) is 2.06. The highest BCUT2D eigenvalue weighted by molar-refractivity contribution is 6.43. The number of ketones is 1. The molecule has 1 aromatic carbocycles. The SMILES string of the molecule is Cc1[nH]c2c(C)c(Cl)ccc2c1C(=O)C(=O)O. The lowest BCUT2D eigenvalue weighted by molar-refractivity contribution is -0.131. The Labute approximate surface area is 102 Å². The minimum Gasteiger partial charge on any atom is -0.475 e. The molecule has 4 nitrogen and oxygen atoms in total. The number of carboxylic acid groups (broad SMARTS) is 1. The predicted molar refractivity (Wildman–Crippen MR) is 64.7 cm³/mol. The molecule has 0 unspecified atom stereocenters. The molecule has 1 heterocycles. The van der Waals surface area contributed by atoms with Gasteiger partial charge in [-0.3, -0.25) is 4.79 Å². The Kier molecular flexibility index (Phi) is 2.67. The first-order valence-electron chi connectivity index (χ1n) is 4.98. The molecule has 0 spiro atoms. The summed E-state index contributed by atoms with van der Waals surface area (Å²) in [5.41, 5.74) is 2.25. The fraction of sp³-hybridized carbons (Fsp3) is 0.167. The molecule has 17 heavy (non-hydrogen) atoms. The quantitative estimate of drug-likeness (QED) is 0.637. The maximum atomic E-state index is 11.6. The van der Waals surface area contributed by atoms with Crippen LogP contribution in [0.1, 0.15) is 21.6 Å². The van der Waals surface area contributed by atoms with Crippen molar-refractivity contribution in [2.75, 3.05) is 0 Å². The molecule has 0 radical (unpaired) electrons. The Hall–Kier alpha value is -1.81. The van der Waals surface area contributed by atoms with Gasteiger partial charge in [0.15, 0.2) is 0 Å². The molecule has 0 saturated heterocycles. The Balaban J connectivity index is 2.82. The lowest BCUT2D eigenvalue weighted by Gasteiger charge is -1.99. The number of hydrogen-bond acceptors (Lipinski definition) is 2. The van der Waals surface area contributed by atoms with Crippen LogP contribution in [0.2, 0.25) is 5.02 Å². The predicted octanol–water partition coefficient (Wildman–Crippen LogP) is 2.71. The van der Waals surface area contributed by atoms with Gasteiger partial charge in [-0.25, -0.2) is 4.79 Å². The van der Waals surface area contributed by atoms with Crippen LogP contribution in [0.25, 0.3) is 10.9 Å². The van der Waals surface area contributed by atoms with E-state index in [1.54, 1.807) is 19.1 Å². The van der Waals surface area contributed by atoms with E-state index >= 15 is 0 Å². The van der Waals surface area contributed by atoms with E-state index < -0.39 is 11.8 Å². The number of Topliss-reactive ketones (excluding diaryl/α,β-unsaturated/α-hetero) is 1. The molecule has 5 heteroatoms. The number of fused-ring (bicyclic) bond motifs is 1. The van der Waals surface area contributed by atoms with Gasteiger partial charge in [-0.15, -0.1) is 0 Å². The largest absolute Gasteiger partial charge is 0.475 e. The number of hydrogen-bond donors (Lipinski definition) is 2. The average Bonchev–Trinajstić information content (AvgIpc) is 2.60. The van der Waals surface area contributed by atoms with Gasteiger partial charge in [0.1, 0.15) is 0 Å². The molecule has 0 aliphatic rings. The van der Waals surface area contributed by atoms with Crippen LogP contribution in [0.15, 0.2) is 12.1 Å². The Morgan fingerprint density at radius 3 is 2.53 bits per heavy atom. The van der Waals surface area contributed by atoms with Crippen molar-refractivity contribution < 1.29 is 14.7 Å². The van der Waals surface area contributed by atoms with Crippen molar-refractivity contribution in [2.45, 2.75) is 13.8 Å². The maximum absolute atomic E-state index is 11.6. The van der Waals surface area contributed by atoms with E-state index in [2.05, 4.69) is 4.98 Å². The fourth-order valence-electron chi connectivity index (χ4n) is 1.91. The number of aromatic nitrogens is 1. The van der Waals surface area contributed by atoms with Crippen LogP contribution in [0.5, 0.6) is 0 Å². The molecule has 88 valence electrons. The van der Waals surface area contributed by atoms with Gasteiger partial charge in [0, 0.05) is 16.1 Å². The number of nitrogens with one attached hydrogen (secondary N) is 1. The topological polar surface area (TPSA) is 70.2 Å². The van der Waals surface area contributed by atoms with E-state index in [4.69, 9.17) is 16.7 Å². The minimum absolute atomic E-state index is 0.201. The summed E-state index contributed by atoms with van der Waals surface area (Å²) in [5, 5.41) is 9.94. The normalized spacial score (nSPS) is 10.8. The summed E-state index contributed by atoms with van der Waals surface area (Å²) < 4.78 is 0. The summed E-state index contributed by atoms with van der Waals surface area (Å²) >= 11 is 5.97. The van der Waals surface area contributed by atoms with E-state index in [1.807, 2.05) is 6.92 Å². The number of halogens is 1. The highest BCUT2D eigenvalue weighted by Crippen LogP contribution is 2.29. The summed E-state index contributed by atoms with van der Waals surface area (Å²) in [6.45, 7) is 3.49. The molecule has 1 aromatic heterocycles.